The number of aromatic nitrogens is 4. The highest BCUT2D eigenvalue weighted by Gasteiger charge is 2.11. The largest absolute Gasteiger partial charge is 0.323 e. The lowest BCUT2D eigenvalue weighted by atomic mass is 10.1. The number of nitrogens with zero attached hydrogens (tertiary/aromatic N) is 4. The summed E-state index contributed by atoms with van der Waals surface area (Å²) >= 11 is 1.31. The number of rotatable bonds is 5. The molecule has 0 spiro atoms. The van der Waals surface area contributed by atoms with Crippen molar-refractivity contribution in [2.75, 3.05) is 5.32 Å². The van der Waals surface area contributed by atoms with Gasteiger partial charge in [0.1, 0.15) is 5.69 Å². The van der Waals surface area contributed by atoms with Crippen molar-refractivity contribution in [1.82, 2.24) is 19.4 Å². The second kappa shape index (κ2) is 8.20. The van der Waals surface area contributed by atoms with E-state index in [4.69, 9.17) is 0 Å². The quantitative estimate of drug-likeness (QED) is 0.494. The topological polar surface area (TPSA) is 72.7 Å². The van der Waals surface area contributed by atoms with E-state index in [1.165, 1.54) is 17.6 Å². The maximum absolute atomic E-state index is 12.4. The van der Waals surface area contributed by atoms with Crippen LogP contribution in [0, 0.1) is 13.8 Å². The van der Waals surface area contributed by atoms with Gasteiger partial charge in [0.05, 0.1) is 11.4 Å². The van der Waals surface area contributed by atoms with Gasteiger partial charge in [-0.2, -0.15) is 5.10 Å². The van der Waals surface area contributed by atoms with Crippen LogP contribution in [0.25, 0.3) is 23.0 Å². The van der Waals surface area contributed by atoms with Gasteiger partial charge < -0.3 is 5.32 Å². The number of anilines is 1. The van der Waals surface area contributed by atoms with Crippen LogP contribution in [0.5, 0.6) is 0 Å². The molecule has 4 aromatic rings. The first-order valence-electron chi connectivity index (χ1n) is 9.10. The van der Waals surface area contributed by atoms with Crippen molar-refractivity contribution in [3.8, 4) is 16.9 Å². The molecule has 0 saturated heterocycles. The second-order valence-corrected chi connectivity index (χ2v) is 7.13. The summed E-state index contributed by atoms with van der Waals surface area (Å²) in [5.74, 6) is -0.195. The zero-order chi connectivity index (χ0) is 20.2. The Bertz CT molecular complexity index is 1150. The van der Waals surface area contributed by atoms with Crippen LogP contribution in [-0.2, 0) is 4.79 Å². The Kier molecular flexibility index (Phi) is 5.31. The summed E-state index contributed by atoms with van der Waals surface area (Å²) in [5, 5.41) is 13.4. The molecule has 0 radical (unpaired) electrons. The number of hydrogen-bond donors (Lipinski definition) is 1. The SMILES string of the molecule is Cc1nn(-c2ccccc2)c(C)c1/C=C/C(=O)Nc1ccc(-c2csnn2)cc1. The van der Waals surface area contributed by atoms with Gasteiger partial charge in [-0.25, -0.2) is 4.68 Å². The highest BCUT2D eigenvalue weighted by atomic mass is 32.1. The Morgan fingerprint density at radius 2 is 1.83 bits per heavy atom. The van der Waals surface area contributed by atoms with Crippen molar-refractivity contribution in [3.05, 3.63) is 83.0 Å². The maximum atomic E-state index is 12.4. The van der Waals surface area contributed by atoms with Crippen molar-refractivity contribution in [1.29, 1.82) is 0 Å². The van der Waals surface area contributed by atoms with E-state index in [0.717, 1.165) is 39.6 Å². The summed E-state index contributed by atoms with van der Waals surface area (Å²) in [7, 11) is 0. The van der Waals surface area contributed by atoms with Crippen LogP contribution >= 0.6 is 11.5 Å². The number of carbonyl (C=O) groups is 1. The van der Waals surface area contributed by atoms with Crippen LogP contribution in [0.1, 0.15) is 17.0 Å². The number of hydrogen-bond acceptors (Lipinski definition) is 5. The van der Waals surface area contributed by atoms with E-state index < -0.39 is 0 Å². The van der Waals surface area contributed by atoms with E-state index in [1.54, 1.807) is 0 Å². The highest BCUT2D eigenvalue weighted by molar-refractivity contribution is 7.03. The molecule has 1 N–H and O–H groups in total. The predicted octanol–water partition coefficient (Wildman–Crippen LogP) is 4.66. The van der Waals surface area contributed by atoms with Crippen molar-refractivity contribution in [2.24, 2.45) is 0 Å². The van der Waals surface area contributed by atoms with Crippen LogP contribution in [0.3, 0.4) is 0 Å². The third-order valence-corrected chi connectivity index (χ3v) is 5.06. The van der Waals surface area contributed by atoms with E-state index in [0.29, 0.717) is 0 Å². The molecule has 0 bridgehead atoms. The molecule has 2 heterocycles. The molecule has 0 saturated carbocycles. The molecule has 1 amide bonds. The summed E-state index contributed by atoms with van der Waals surface area (Å²) in [6, 6.07) is 17.5. The molecule has 2 aromatic carbocycles. The number of benzene rings is 2. The molecule has 6 nitrogen and oxygen atoms in total. The lowest BCUT2D eigenvalue weighted by Crippen LogP contribution is -2.07. The Morgan fingerprint density at radius 3 is 2.52 bits per heavy atom. The van der Waals surface area contributed by atoms with Crippen molar-refractivity contribution in [3.63, 3.8) is 0 Å². The average molecular weight is 401 g/mol. The fourth-order valence-corrected chi connectivity index (χ4v) is 3.54. The fourth-order valence-electron chi connectivity index (χ4n) is 3.07. The molecule has 144 valence electrons. The molecule has 0 aliphatic carbocycles. The summed E-state index contributed by atoms with van der Waals surface area (Å²) in [6.07, 6.45) is 3.34. The van der Waals surface area contributed by atoms with Gasteiger partial charge in [0.25, 0.3) is 0 Å². The van der Waals surface area contributed by atoms with Crippen molar-refractivity contribution < 1.29 is 4.79 Å². The number of carbonyl (C=O) groups excluding carboxylic acids is 1. The minimum absolute atomic E-state index is 0.195. The molecule has 0 unspecified atom stereocenters. The molecule has 0 atom stereocenters. The van der Waals surface area contributed by atoms with Gasteiger partial charge in [-0.3, -0.25) is 4.79 Å². The first kappa shape index (κ1) is 18.8. The molecular weight excluding hydrogens is 382 g/mol. The van der Waals surface area contributed by atoms with Crippen LogP contribution in [0.15, 0.2) is 66.1 Å². The monoisotopic (exact) mass is 401 g/mol. The summed E-state index contributed by atoms with van der Waals surface area (Å²) in [4.78, 5) is 12.4. The fraction of sp³-hybridized carbons (Fsp3) is 0.0909. The van der Waals surface area contributed by atoms with Gasteiger partial charge >= 0.3 is 0 Å². The van der Waals surface area contributed by atoms with Gasteiger partial charge in [-0.05, 0) is 55.7 Å². The minimum Gasteiger partial charge on any atom is -0.323 e. The third-order valence-electron chi connectivity index (χ3n) is 4.56. The van der Waals surface area contributed by atoms with Crippen LogP contribution in [0.2, 0.25) is 0 Å². The molecule has 0 aliphatic rings. The Hall–Kier alpha value is -3.58. The summed E-state index contributed by atoms with van der Waals surface area (Å²) in [6.45, 7) is 3.94. The normalized spacial score (nSPS) is 11.1. The van der Waals surface area contributed by atoms with E-state index in [-0.39, 0.29) is 5.91 Å². The highest BCUT2D eigenvalue weighted by Crippen LogP contribution is 2.21. The van der Waals surface area contributed by atoms with Gasteiger partial charge in [0.15, 0.2) is 0 Å². The molecule has 4 rings (SSSR count). The summed E-state index contributed by atoms with van der Waals surface area (Å²) < 4.78 is 5.75. The van der Waals surface area contributed by atoms with E-state index in [9.17, 15) is 4.79 Å². The Morgan fingerprint density at radius 1 is 1.07 bits per heavy atom. The van der Waals surface area contributed by atoms with Crippen molar-refractivity contribution in [2.45, 2.75) is 13.8 Å². The third kappa shape index (κ3) is 4.14. The van der Waals surface area contributed by atoms with Gasteiger partial charge in [0, 0.05) is 34.0 Å². The lowest BCUT2D eigenvalue weighted by molar-refractivity contribution is -0.111. The number of nitrogens with one attached hydrogen (secondary N) is 1. The number of aryl methyl sites for hydroxylation is 1. The lowest BCUT2D eigenvalue weighted by Gasteiger charge is -2.04. The van der Waals surface area contributed by atoms with Gasteiger partial charge in [-0.1, -0.05) is 34.8 Å². The van der Waals surface area contributed by atoms with E-state index in [2.05, 4.69) is 20.0 Å². The average Bonchev–Trinajstić information content (AvgIpc) is 3.37. The Balaban J connectivity index is 1.47. The van der Waals surface area contributed by atoms with Crippen LogP contribution < -0.4 is 5.32 Å². The number of para-hydroxylation sites is 1. The summed E-state index contributed by atoms with van der Waals surface area (Å²) in [5.41, 5.74) is 6.31. The Labute approximate surface area is 172 Å². The van der Waals surface area contributed by atoms with Crippen LogP contribution in [0.4, 0.5) is 5.69 Å². The molecule has 0 fully saturated rings. The second-order valence-electron chi connectivity index (χ2n) is 6.52. The molecule has 29 heavy (non-hydrogen) atoms. The zero-order valence-corrected chi connectivity index (χ0v) is 16.9. The first-order chi connectivity index (χ1) is 14.1. The molecule has 7 heteroatoms. The smallest absolute Gasteiger partial charge is 0.248 e. The number of amides is 1. The van der Waals surface area contributed by atoms with Gasteiger partial charge in [0.2, 0.25) is 5.91 Å². The first-order valence-corrected chi connectivity index (χ1v) is 9.93. The molecular formula is C22H19N5OS. The maximum Gasteiger partial charge on any atom is 0.248 e. The van der Waals surface area contributed by atoms with Crippen LogP contribution in [-0.4, -0.2) is 25.3 Å². The minimum atomic E-state index is -0.195. The molecule has 2 aromatic heterocycles. The van der Waals surface area contributed by atoms with Crippen molar-refractivity contribution >= 4 is 29.2 Å². The van der Waals surface area contributed by atoms with E-state index >= 15 is 0 Å². The predicted molar refractivity (Wildman–Crippen MR) is 116 cm³/mol. The van der Waals surface area contributed by atoms with Gasteiger partial charge in [-0.15, -0.1) is 5.10 Å². The van der Waals surface area contributed by atoms with E-state index in [1.807, 2.05) is 84.6 Å². The molecule has 0 aliphatic heterocycles. The zero-order valence-electron chi connectivity index (χ0n) is 16.0. The standard InChI is InChI=1S/C22H19N5OS/c1-15-20(16(2)27(25-15)19-6-4-3-5-7-19)12-13-22(28)23-18-10-8-17(9-11-18)21-14-29-26-24-21/h3-14H,1-2H3,(H,23,28)/b13-12+.